The first-order chi connectivity index (χ1) is 15.0. The van der Waals surface area contributed by atoms with Gasteiger partial charge < -0.3 is 19.9 Å². The lowest BCUT2D eigenvalue weighted by molar-refractivity contribution is -0.138. The molecule has 0 atom stereocenters. The number of morpholine rings is 1. The number of Topliss-reactive ketones (excluding diaryl/α,β-unsaturated/α-hetero) is 1. The second-order valence-corrected chi connectivity index (χ2v) is 7.00. The van der Waals surface area contributed by atoms with Crippen molar-refractivity contribution in [2.75, 3.05) is 38.2 Å². The van der Waals surface area contributed by atoms with Crippen LogP contribution in [0.4, 0.5) is 10.1 Å². The van der Waals surface area contributed by atoms with Crippen LogP contribution in [0.1, 0.15) is 22.8 Å². The van der Waals surface area contributed by atoms with Gasteiger partial charge in [-0.05, 0) is 36.8 Å². The zero-order chi connectivity index (χ0) is 22.2. The van der Waals surface area contributed by atoms with E-state index in [1.807, 2.05) is 0 Å². The van der Waals surface area contributed by atoms with Crippen molar-refractivity contribution in [1.82, 2.24) is 4.90 Å². The number of benzene rings is 2. The zero-order valence-electron chi connectivity index (χ0n) is 17.3. The standard InChI is InChI=1S/C23H25FN2O5/c1-2-31-23(29)20(14-25-17-4-3-5-18(27)13-17)22(28)19-12-16(6-7-21(19)24)15-26-8-10-30-11-9-26/h3-7,12-14,25,27H,2,8-11,15H2,1H3. The fourth-order valence-corrected chi connectivity index (χ4v) is 3.18. The molecule has 0 unspecified atom stereocenters. The molecule has 0 aromatic heterocycles. The van der Waals surface area contributed by atoms with E-state index in [0.29, 0.717) is 25.4 Å². The smallest absolute Gasteiger partial charge is 0.343 e. The molecular weight excluding hydrogens is 403 g/mol. The van der Waals surface area contributed by atoms with Crippen molar-refractivity contribution < 1.29 is 28.6 Å². The normalized spacial score (nSPS) is 14.8. The number of carbonyl (C=O) groups is 2. The van der Waals surface area contributed by atoms with Crippen molar-refractivity contribution in [3.05, 3.63) is 71.2 Å². The van der Waals surface area contributed by atoms with Gasteiger partial charge in [-0.15, -0.1) is 0 Å². The van der Waals surface area contributed by atoms with Crippen molar-refractivity contribution in [3.63, 3.8) is 0 Å². The van der Waals surface area contributed by atoms with Crippen LogP contribution in [0.5, 0.6) is 5.75 Å². The predicted molar refractivity (Wildman–Crippen MR) is 113 cm³/mol. The third-order valence-electron chi connectivity index (χ3n) is 4.75. The maximum atomic E-state index is 14.5. The summed E-state index contributed by atoms with van der Waals surface area (Å²) in [6.45, 7) is 4.99. The summed E-state index contributed by atoms with van der Waals surface area (Å²) in [6, 6.07) is 10.5. The topological polar surface area (TPSA) is 88.1 Å². The van der Waals surface area contributed by atoms with Crippen LogP contribution in [-0.2, 0) is 20.8 Å². The van der Waals surface area contributed by atoms with Crippen LogP contribution in [0.25, 0.3) is 0 Å². The number of halogens is 1. The molecule has 2 aromatic rings. The summed E-state index contributed by atoms with van der Waals surface area (Å²) in [7, 11) is 0. The van der Waals surface area contributed by atoms with Crippen LogP contribution in [-0.4, -0.2) is 54.7 Å². The number of phenols is 1. The summed E-state index contributed by atoms with van der Waals surface area (Å²) < 4.78 is 24.9. The molecule has 7 nitrogen and oxygen atoms in total. The minimum atomic E-state index is -0.863. The number of rotatable bonds is 8. The number of anilines is 1. The SMILES string of the molecule is CCOC(=O)C(=CNc1cccc(O)c1)C(=O)c1cc(CN2CCOCC2)ccc1F. The number of ketones is 1. The molecular formula is C23H25FN2O5. The van der Waals surface area contributed by atoms with E-state index >= 15 is 0 Å². The molecule has 1 fully saturated rings. The maximum Gasteiger partial charge on any atom is 0.343 e. The second-order valence-electron chi connectivity index (χ2n) is 7.00. The van der Waals surface area contributed by atoms with Crippen LogP contribution in [0.3, 0.4) is 0 Å². The van der Waals surface area contributed by atoms with E-state index in [-0.39, 0.29) is 23.5 Å². The van der Waals surface area contributed by atoms with E-state index < -0.39 is 17.6 Å². The van der Waals surface area contributed by atoms with Crippen molar-refractivity contribution in [1.29, 1.82) is 0 Å². The number of hydrogen-bond acceptors (Lipinski definition) is 7. The first-order valence-electron chi connectivity index (χ1n) is 10.0. The Morgan fingerprint density at radius 1 is 1.23 bits per heavy atom. The fraction of sp³-hybridized carbons (Fsp3) is 0.304. The third-order valence-corrected chi connectivity index (χ3v) is 4.75. The van der Waals surface area contributed by atoms with Gasteiger partial charge in [0.2, 0.25) is 5.78 Å². The highest BCUT2D eigenvalue weighted by Gasteiger charge is 2.24. The van der Waals surface area contributed by atoms with E-state index in [1.165, 1.54) is 30.5 Å². The average molecular weight is 428 g/mol. The summed E-state index contributed by atoms with van der Waals surface area (Å²) in [5.74, 6) is -2.35. The summed E-state index contributed by atoms with van der Waals surface area (Å²) >= 11 is 0. The van der Waals surface area contributed by atoms with Crippen molar-refractivity contribution in [3.8, 4) is 5.75 Å². The van der Waals surface area contributed by atoms with Gasteiger partial charge in [0.25, 0.3) is 0 Å². The lowest BCUT2D eigenvalue weighted by Gasteiger charge is -2.26. The van der Waals surface area contributed by atoms with Gasteiger partial charge in [-0.2, -0.15) is 0 Å². The molecule has 1 aliphatic heterocycles. The molecule has 8 heteroatoms. The Bertz CT molecular complexity index is 970. The van der Waals surface area contributed by atoms with Crippen molar-refractivity contribution >= 4 is 17.4 Å². The van der Waals surface area contributed by atoms with Crippen LogP contribution in [0, 0.1) is 5.82 Å². The lowest BCUT2D eigenvalue weighted by atomic mass is 10.0. The van der Waals surface area contributed by atoms with Gasteiger partial charge in [0.15, 0.2) is 0 Å². The van der Waals surface area contributed by atoms with Gasteiger partial charge in [-0.25, -0.2) is 9.18 Å². The molecule has 31 heavy (non-hydrogen) atoms. The number of aromatic hydroxyl groups is 1. The van der Waals surface area contributed by atoms with Gasteiger partial charge in [0.1, 0.15) is 17.1 Å². The van der Waals surface area contributed by atoms with Crippen LogP contribution in [0.15, 0.2) is 54.2 Å². The molecule has 0 aliphatic carbocycles. The van der Waals surface area contributed by atoms with E-state index in [1.54, 1.807) is 25.1 Å². The van der Waals surface area contributed by atoms with Crippen LogP contribution in [0.2, 0.25) is 0 Å². The van der Waals surface area contributed by atoms with Gasteiger partial charge in [-0.3, -0.25) is 9.69 Å². The minimum absolute atomic E-state index is 0.0178. The van der Waals surface area contributed by atoms with Crippen LogP contribution < -0.4 is 5.32 Å². The molecule has 0 radical (unpaired) electrons. The Morgan fingerprint density at radius 2 is 2.00 bits per heavy atom. The van der Waals surface area contributed by atoms with E-state index in [2.05, 4.69) is 10.2 Å². The molecule has 0 saturated carbocycles. The molecule has 0 spiro atoms. The highest BCUT2D eigenvalue weighted by Crippen LogP contribution is 2.20. The molecule has 2 N–H and O–H groups in total. The van der Waals surface area contributed by atoms with Gasteiger partial charge >= 0.3 is 5.97 Å². The fourth-order valence-electron chi connectivity index (χ4n) is 3.18. The van der Waals surface area contributed by atoms with Crippen LogP contribution >= 0.6 is 0 Å². The summed E-state index contributed by atoms with van der Waals surface area (Å²) in [6.07, 6.45) is 1.17. The molecule has 1 aliphatic rings. The number of esters is 1. The summed E-state index contributed by atoms with van der Waals surface area (Å²) in [4.78, 5) is 27.6. The molecule has 1 saturated heterocycles. The number of hydrogen-bond donors (Lipinski definition) is 2. The third kappa shape index (κ3) is 6.13. The molecule has 3 rings (SSSR count). The number of carbonyl (C=O) groups excluding carboxylic acids is 2. The second kappa shape index (κ2) is 10.7. The number of ether oxygens (including phenoxy) is 2. The Hall–Kier alpha value is -3.23. The quantitative estimate of drug-likeness (QED) is 0.220. The van der Waals surface area contributed by atoms with E-state index in [4.69, 9.17) is 9.47 Å². The number of nitrogens with zero attached hydrogens (tertiary/aromatic N) is 1. The lowest BCUT2D eigenvalue weighted by Crippen LogP contribution is -2.35. The first-order valence-corrected chi connectivity index (χ1v) is 10.0. The van der Waals surface area contributed by atoms with Crippen molar-refractivity contribution in [2.24, 2.45) is 0 Å². The molecule has 0 amide bonds. The van der Waals surface area contributed by atoms with Gasteiger partial charge in [0, 0.05) is 37.6 Å². The summed E-state index contributed by atoms with van der Waals surface area (Å²) in [5.41, 5.74) is 0.669. The highest BCUT2D eigenvalue weighted by molar-refractivity contribution is 6.24. The molecule has 0 bridgehead atoms. The number of phenolic OH excluding ortho intramolecular Hbond substituents is 1. The molecule has 164 valence electrons. The average Bonchev–Trinajstić information content (AvgIpc) is 2.76. The van der Waals surface area contributed by atoms with E-state index in [9.17, 15) is 19.1 Å². The number of nitrogens with one attached hydrogen (secondary N) is 1. The summed E-state index contributed by atoms with van der Waals surface area (Å²) in [5, 5.41) is 12.4. The zero-order valence-corrected chi connectivity index (χ0v) is 17.3. The Labute approximate surface area is 180 Å². The molecule has 1 heterocycles. The Morgan fingerprint density at radius 3 is 2.71 bits per heavy atom. The first kappa shape index (κ1) is 22.5. The minimum Gasteiger partial charge on any atom is -0.508 e. The maximum absolute atomic E-state index is 14.5. The van der Waals surface area contributed by atoms with Crippen molar-refractivity contribution in [2.45, 2.75) is 13.5 Å². The predicted octanol–water partition coefficient (Wildman–Crippen LogP) is 3.11. The highest BCUT2D eigenvalue weighted by atomic mass is 19.1. The van der Waals surface area contributed by atoms with Gasteiger partial charge in [-0.1, -0.05) is 12.1 Å². The van der Waals surface area contributed by atoms with Gasteiger partial charge in [0.05, 0.1) is 25.4 Å². The Balaban J connectivity index is 1.86. The largest absolute Gasteiger partial charge is 0.508 e. The monoisotopic (exact) mass is 428 g/mol. The Kier molecular flexibility index (Phi) is 7.75. The van der Waals surface area contributed by atoms with E-state index in [0.717, 1.165) is 18.7 Å². The molecule has 2 aromatic carbocycles.